The van der Waals surface area contributed by atoms with Gasteiger partial charge in [-0.25, -0.2) is 4.98 Å². The van der Waals surface area contributed by atoms with Gasteiger partial charge < -0.3 is 10.2 Å². The zero-order valence-corrected chi connectivity index (χ0v) is 11.9. The van der Waals surface area contributed by atoms with E-state index < -0.39 is 0 Å². The van der Waals surface area contributed by atoms with E-state index in [2.05, 4.69) is 10.3 Å². The molecule has 1 saturated heterocycles. The second kappa shape index (κ2) is 6.29. The maximum Gasteiger partial charge on any atom is 0.222 e. The molecule has 5 heteroatoms. The monoisotopic (exact) mass is 267 g/mol. The van der Waals surface area contributed by atoms with Crippen molar-refractivity contribution in [2.45, 2.75) is 32.7 Å². The molecule has 1 aliphatic heterocycles. The van der Waals surface area contributed by atoms with E-state index in [9.17, 15) is 4.79 Å². The lowest BCUT2D eigenvalue weighted by molar-refractivity contribution is -0.130. The Morgan fingerprint density at radius 2 is 2.50 bits per heavy atom. The highest BCUT2D eigenvalue weighted by atomic mass is 32.1. The summed E-state index contributed by atoms with van der Waals surface area (Å²) in [5.41, 5.74) is 2.88. The van der Waals surface area contributed by atoms with Crippen molar-refractivity contribution in [2.24, 2.45) is 5.92 Å². The van der Waals surface area contributed by atoms with Gasteiger partial charge in [0.15, 0.2) is 0 Å². The molecule has 0 bridgehead atoms. The first-order valence-corrected chi connectivity index (χ1v) is 7.38. The summed E-state index contributed by atoms with van der Waals surface area (Å²) < 4.78 is 0. The Labute approximate surface area is 112 Å². The first-order chi connectivity index (χ1) is 8.66. The van der Waals surface area contributed by atoms with Gasteiger partial charge in [0, 0.05) is 18.3 Å². The molecule has 0 radical (unpaired) electrons. The van der Waals surface area contributed by atoms with Crippen LogP contribution in [0.25, 0.3) is 0 Å². The summed E-state index contributed by atoms with van der Waals surface area (Å²) >= 11 is 1.62. The van der Waals surface area contributed by atoms with Crippen molar-refractivity contribution in [3.05, 3.63) is 16.1 Å². The van der Waals surface area contributed by atoms with Crippen molar-refractivity contribution in [1.29, 1.82) is 0 Å². The summed E-state index contributed by atoms with van der Waals surface area (Å²) in [5, 5.41) is 3.34. The molecule has 1 aliphatic rings. The molecular formula is C13H21N3OS. The number of amides is 1. The number of carbonyl (C=O) groups excluding carboxylic acids is 1. The lowest BCUT2D eigenvalue weighted by atomic mass is 10.0. The molecule has 0 saturated carbocycles. The first-order valence-electron chi connectivity index (χ1n) is 6.50. The lowest BCUT2D eigenvalue weighted by Gasteiger charge is -2.17. The number of aryl methyl sites for hydroxylation is 1. The molecule has 1 amide bonds. The van der Waals surface area contributed by atoms with E-state index in [0.717, 1.165) is 25.2 Å². The van der Waals surface area contributed by atoms with Crippen molar-refractivity contribution in [2.75, 3.05) is 20.1 Å². The molecule has 4 nitrogen and oxygen atoms in total. The predicted octanol–water partition coefficient (Wildman–Crippen LogP) is 1.80. The van der Waals surface area contributed by atoms with Gasteiger partial charge in [0.25, 0.3) is 0 Å². The quantitative estimate of drug-likeness (QED) is 0.885. The van der Waals surface area contributed by atoms with Crippen molar-refractivity contribution in [3.63, 3.8) is 0 Å². The number of carbonyl (C=O) groups is 1. The molecular weight excluding hydrogens is 246 g/mol. The van der Waals surface area contributed by atoms with Crippen LogP contribution < -0.4 is 5.32 Å². The van der Waals surface area contributed by atoms with Gasteiger partial charge in [-0.05, 0) is 38.8 Å². The molecule has 0 aromatic carbocycles. The molecule has 2 heterocycles. The fraction of sp³-hybridized carbons (Fsp3) is 0.692. The van der Waals surface area contributed by atoms with Crippen molar-refractivity contribution >= 4 is 17.2 Å². The number of nitrogens with zero attached hydrogens (tertiary/aromatic N) is 2. The van der Waals surface area contributed by atoms with Gasteiger partial charge in [-0.2, -0.15) is 0 Å². The zero-order valence-electron chi connectivity index (χ0n) is 11.1. The third kappa shape index (κ3) is 3.53. The Kier molecular flexibility index (Phi) is 4.72. The number of aromatic nitrogens is 1. The van der Waals surface area contributed by atoms with Crippen molar-refractivity contribution < 1.29 is 4.79 Å². The summed E-state index contributed by atoms with van der Waals surface area (Å²) in [6.07, 6.45) is 2.89. The van der Waals surface area contributed by atoms with Crippen LogP contribution in [0.5, 0.6) is 0 Å². The van der Waals surface area contributed by atoms with E-state index in [1.165, 1.54) is 11.3 Å². The molecule has 1 unspecified atom stereocenters. The number of hydrogen-bond donors (Lipinski definition) is 1. The van der Waals surface area contributed by atoms with Crippen LogP contribution in [-0.2, 0) is 11.3 Å². The summed E-state index contributed by atoms with van der Waals surface area (Å²) in [6.45, 7) is 4.87. The Morgan fingerprint density at radius 1 is 1.67 bits per heavy atom. The topological polar surface area (TPSA) is 45.2 Å². The first kappa shape index (κ1) is 13.5. The van der Waals surface area contributed by atoms with E-state index >= 15 is 0 Å². The molecule has 0 aliphatic carbocycles. The molecule has 1 atom stereocenters. The average Bonchev–Trinajstić information content (AvgIpc) is 2.99. The van der Waals surface area contributed by atoms with Crippen LogP contribution in [0.3, 0.4) is 0 Å². The summed E-state index contributed by atoms with van der Waals surface area (Å²) in [4.78, 5) is 19.2. The standard InChI is InChI=1S/C13H21N3OS/c1-10-12(18-9-15-10)8-16(2)13(17)4-3-11-5-6-14-7-11/h9,11,14H,3-8H2,1-2H3. The van der Waals surface area contributed by atoms with Gasteiger partial charge in [0.2, 0.25) is 5.91 Å². The minimum atomic E-state index is 0.245. The highest BCUT2D eigenvalue weighted by Crippen LogP contribution is 2.17. The predicted molar refractivity (Wildman–Crippen MR) is 73.5 cm³/mol. The van der Waals surface area contributed by atoms with Gasteiger partial charge in [-0.1, -0.05) is 0 Å². The SMILES string of the molecule is Cc1ncsc1CN(C)C(=O)CCC1CCNC1. The van der Waals surface area contributed by atoms with Crippen molar-refractivity contribution in [1.82, 2.24) is 15.2 Å². The van der Waals surface area contributed by atoms with Gasteiger partial charge in [0.1, 0.15) is 0 Å². The third-order valence-electron chi connectivity index (χ3n) is 3.58. The second-order valence-electron chi connectivity index (χ2n) is 5.01. The maximum absolute atomic E-state index is 12.0. The number of hydrogen-bond acceptors (Lipinski definition) is 4. The summed E-state index contributed by atoms with van der Waals surface area (Å²) in [6, 6.07) is 0. The average molecular weight is 267 g/mol. The van der Waals surface area contributed by atoms with Crippen LogP contribution in [0.1, 0.15) is 29.8 Å². The van der Waals surface area contributed by atoms with Crippen LogP contribution in [0.4, 0.5) is 0 Å². The summed E-state index contributed by atoms with van der Waals surface area (Å²) in [7, 11) is 1.88. The van der Waals surface area contributed by atoms with Crippen LogP contribution in [0, 0.1) is 12.8 Å². The molecule has 18 heavy (non-hydrogen) atoms. The Morgan fingerprint density at radius 3 is 3.11 bits per heavy atom. The highest BCUT2D eigenvalue weighted by molar-refractivity contribution is 7.09. The smallest absolute Gasteiger partial charge is 0.222 e. The molecule has 1 aromatic heterocycles. The van der Waals surface area contributed by atoms with Crippen LogP contribution in [-0.4, -0.2) is 35.9 Å². The van der Waals surface area contributed by atoms with Gasteiger partial charge in [0.05, 0.1) is 17.7 Å². The number of rotatable bonds is 5. The highest BCUT2D eigenvalue weighted by Gasteiger charge is 2.17. The largest absolute Gasteiger partial charge is 0.341 e. The fourth-order valence-corrected chi connectivity index (χ4v) is 3.09. The maximum atomic E-state index is 12.0. The van der Waals surface area contributed by atoms with Crippen LogP contribution in [0.15, 0.2) is 5.51 Å². The second-order valence-corrected chi connectivity index (χ2v) is 5.95. The molecule has 100 valence electrons. The normalized spacial score (nSPS) is 19.1. The minimum Gasteiger partial charge on any atom is -0.341 e. The Bertz CT molecular complexity index is 399. The van der Waals surface area contributed by atoms with E-state index in [4.69, 9.17) is 0 Å². The van der Waals surface area contributed by atoms with Gasteiger partial charge >= 0.3 is 0 Å². The number of thiazole rings is 1. The number of nitrogens with one attached hydrogen (secondary N) is 1. The van der Waals surface area contributed by atoms with E-state index in [1.54, 1.807) is 11.3 Å². The van der Waals surface area contributed by atoms with Crippen molar-refractivity contribution in [3.8, 4) is 0 Å². The molecule has 2 rings (SSSR count). The van der Waals surface area contributed by atoms with Gasteiger partial charge in [-0.15, -0.1) is 11.3 Å². The lowest BCUT2D eigenvalue weighted by Crippen LogP contribution is -2.26. The van der Waals surface area contributed by atoms with E-state index in [-0.39, 0.29) is 5.91 Å². The minimum absolute atomic E-state index is 0.245. The van der Waals surface area contributed by atoms with E-state index in [1.807, 2.05) is 24.4 Å². The third-order valence-corrected chi connectivity index (χ3v) is 4.50. The zero-order chi connectivity index (χ0) is 13.0. The molecule has 1 aromatic rings. The molecule has 1 fully saturated rings. The van der Waals surface area contributed by atoms with Crippen LogP contribution in [0.2, 0.25) is 0 Å². The fourth-order valence-electron chi connectivity index (χ4n) is 2.26. The Balaban J connectivity index is 1.76. The van der Waals surface area contributed by atoms with E-state index in [0.29, 0.717) is 18.9 Å². The van der Waals surface area contributed by atoms with Crippen LogP contribution >= 0.6 is 11.3 Å². The molecule has 1 N–H and O–H groups in total. The van der Waals surface area contributed by atoms with Gasteiger partial charge in [-0.3, -0.25) is 4.79 Å². The Hall–Kier alpha value is -0.940. The molecule has 0 spiro atoms. The summed E-state index contributed by atoms with van der Waals surface area (Å²) in [5.74, 6) is 0.933.